The van der Waals surface area contributed by atoms with Crippen molar-refractivity contribution in [3.63, 3.8) is 0 Å². The van der Waals surface area contributed by atoms with Gasteiger partial charge in [-0.3, -0.25) is 0 Å². The van der Waals surface area contributed by atoms with Gasteiger partial charge in [-0.1, -0.05) is 42.5 Å². The average Bonchev–Trinajstić information content (AvgIpc) is 2.99. The van der Waals surface area contributed by atoms with E-state index in [1.54, 1.807) is 11.3 Å². The third-order valence-corrected chi connectivity index (χ3v) is 4.07. The second-order valence-electron chi connectivity index (χ2n) is 4.60. The van der Waals surface area contributed by atoms with E-state index in [0.717, 1.165) is 12.1 Å². The second-order valence-corrected chi connectivity index (χ2v) is 5.32. The zero-order chi connectivity index (χ0) is 13.1. The first-order valence-electron chi connectivity index (χ1n) is 6.40. The summed E-state index contributed by atoms with van der Waals surface area (Å²) in [6.07, 6.45) is 0.960. The number of hydrogen-bond donors (Lipinski definition) is 1. The maximum Gasteiger partial charge on any atom is 0.0795 e. The van der Waals surface area contributed by atoms with Crippen LogP contribution in [0.25, 0.3) is 10.8 Å². The first kappa shape index (κ1) is 12.3. The van der Waals surface area contributed by atoms with Crippen LogP contribution in [0.3, 0.4) is 0 Å². The van der Waals surface area contributed by atoms with E-state index in [2.05, 4.69) is 58.1 Å². The summed E-state index contributed by atoms with van der Waals surface area (Å²) in [6, 6.07) is 15.3. The van der Waals surface area contributed by atoms with Crippen molar-refractivity contribution in [2.45, 2.75) is 12.5 Å². The van der Waals surface area contributed by atoms with E-state index in [1.165, 1.54) is 16.3 Å². The van der Waals surface area contributed by atoms with Crippen LogP contribution in [-0.4, -0.2) is 12.0 Å². The molecule has 96 valence electrons. The standard InChI is InChI=1S/C16H16N2S/c1-17-15(16-10-19-11-18-16)9-13-7-4-6-12-5-2-3-8-14(12)13/h2-8,10-11,15,17H,9H2,1H3. The first-order valence-corrected chi connectivity index (χ1v) is 7.35. The smallest absolute Gasteiger partial charge is 0.0795 e. The number of hydrogen-bond acceptors (Lipinski definition) is 3. The van der Waals surface area contributed by atoms with Crippen molar-refractivity contribution in [3.8, 4) is 0 Å². The molecule has 0 spiro atoms. The minimum Gasteiger partial charge on any atom is -0.311 e. The largest absolute Gasteiger partial charge is 0.311 e. The number of aromatic nitrogens is 1. The number of nitrogens with one attached hydrogen (secondary N) is 1. The molecule has 3 heteroatoms. The number of thiazole rings is 1. The molecular weight excluding hydrogens is 252 g/mol. The molecule has 1 heterocycles. The van der Waals surface area contributed by atoms with Crippen LogP contribution in [0, 0.1) is 0 Å². The van der Waals surface area contributed by atoms with Crippen LogP contribution in [0.15, 0.2) is 53.4 Å². The number of rotatable bonds is 4. The molecule has 0 amide bonds. The van der Waals surface area contributed by atoms with Crippen molar-refractivity contribution in [2.75, 3.05) is 7.05 Å². The van der Waals surface area contributed by atoms with Gasteiger partial charge in [0.2, 0.25) is 0 Å². The zero-order valence-electron chi connectivity index (χ0n) is 10.8. The Hall–Kier alpha value is -1.71. The highest BCUT2D eigenvalue weighted by atomic mass is 32.1. The molecule has 3 rings (SSSR count). The molecule has 3 aromatic rings. The van der Waals surface area contributed by atoms with Gasteiger partial charge >= 0.3 is 0 Å². The summed E-state index contributed by atoms with van der Waals surface area (Å²) < 4.78 is 0. The van der Waals surface area contributed by atoms with Crippen LogP contribution in [0.1, 0.15) is 17.3 Å². The Balaban J connectivity index is 1.96. The van der Waals surface area contributed by atoms with E-state index in [1.807, 2.05) is 12.6 Å². The Kier molecular flexibility index (Phi) is 3.58. The van der Waals surface area contributed by atoms with Gasteiger partial charge in [-0.2, -0.15) is 0 Å². The van der Waals surface area contributed by atoms with E-state index in [4.69, 9.17) is 0 Å². The van der Waals surface area contributed by atoms with Crippen molar-refractivity contribution >= 4 is 22.1 Å². The number of likely N-dealkylation sites (N-methyl/N-ethyl adjacent to an activating group) is 1. The molecule has 1 atom stereocenters. The summed E-state index contributed by atoms with van der Waals surface area (Å²) in [5.41, 5.74) is 4.38. The molecule has 0 fully saturated rings. The molecule has 0 saturated heterocycles. The Morgan fingerprint density at radius 2 is 2.00 bits per heavy atom. The van der Waals surface area contributed by atoms with Crippen molar-refractivity contribution in [1.82, 2.24) is 10.3 Å². The molecule has 0 aliphatic rings. The van der Waals surface area contributed by atoms with Gasteiger partial charge in [0.15, 0.2) is 0 Å². The summed E-state index contributed by atoms with van der Waals surface area (Å²) >= 11 is 1.65. The molecule has 1 aromatic heterocycles. The zero-order valence-corrected chi connectivity index (χ0v) is 11.7. The molecule has 1 N–H and O–H groups in total. The molecule has 0 radical (unpaired) electrons. The van der Waals surface area contributed by atoms with E-state index >= 15 is 0 Å². The average molecular weight is 268 g/mol. The molecule has 2 aromatic carbocycles. The Labute approximate surface area is 117 Å². The summed E-state index contributed by atoms with van der Waals surface area (Å²) in [5, 5.41) is 8.11. The van der Waals surface area contributed by atoms with Crippen LogP contribution in [0.4, 0.5) is 0 Å². The Morgan fingerprint density at radius 3 is 2.79 bits per heavy atom. The fourth-order valence-electron chi connectivity index (χ4n) is 2.44. The van der Waals surface area contributed by atoms with Crippen molar-refractivity contribution in [3.05, 3.63) is 64.6 Å². The predicted octanol–water partition coefficient (Wildman–Crippen LogP) is 3.80. The van der Waals surface area contributed by atoms with Crippen LogP contribution < -0.4 is 5.32 Å². The van der Waals surface area contributed by atoms with Crippen molar-refractivity contribution in [1.29, 1.82) is 0 Å². The molecule has 1 unspecified atom stereocenters. The lowest BCUT2D eigenvalue weighted by Crippen LogP contribution is -2.19. The number of benzene rings is 2. The lowest BCUT2D eigenvalue weighted by atomic mass is 9.98. The van der Waals surface area contributed by atoms with Crippen molar-refractivity contribution in [2.24, 2.45) is 0 Å². The first-order chi connectivity index (χ1) is 9.38. The minimum atomic E-state index is 0.275. The highest BCUT2D eigenvalue weighted by Crippen LogP contribution is 2.24. The second kappa shape index (κ2) is 5.51. The molecular formula is C16H16N2S. The van der Waals surface area contributed by atoms with E-state index in [9.17, 15) is 0 Å². The van der Waals surface area contributed by atoms with Gasteiger partial charge in [-0.15, -0.1) is 11.3 Å². The van der Waals surface area contributed by atoms with Gasteiger partial charge in [0.1, 0.15) is 0 Å². The summed E-state index contributed by atoms with van der Waals surface area (Å²) in [5.74, 6) is 0. The maximum atomic E-state index is 4.42. The maximum absolute atomic E-state index is 4.42. The molecule has 0 aliphatic carbocycles. The highest BCUT2D eigenvalue weighted by Gasteiger charge is 2.13. The molecule has 0 bridgehead atoms. The Bertz CT molecular complexity index is 656. The normalized spacial score (nSPS) is 12.7. The lowest BCUT2D eigenvalue weighted by molar-refractivity contribution is 0.581. The van der Waals surface area contributed by atoms with E-state index in [-0.39, 0.29) is 6.04 Å². The summed E-state index contributed by atoms with van der Waals surface area (Å²) in [4.78, 5) is 4.42. The minimum absolute atomic E-state index is 0.275. The Morgan fingerprint density at radius 1 is 1.16 bits per heavy atom. The summed E-state index contributed by atoms with van der Waals surface area (Å²) in [7, 11) is 2.00. The molecule has 0 saturated carbocycles. The molecule has 2 nitrogen and oxygen atoms in total. The lowest BCUT2D eigenvalue weighted by Gasteiger charge is -2.15. The van der Waals surface area contributed by atoms with Gasteiger partial charge in [0.05, 0.1) is 17.2 Å². The van der Waals surface area contributed by atoms with Gasteiger partial charge in [-0.25, -0.2) is 4.98 Å². The fraction of sp³-hybridized carbons (Fsp3) is 0.188. The van der Waals surface area contributed by atoms with Gasteiger partial charge in [-0.05, 0) is 29.8 Å². The molecule has 0 aliphatic heterocycles. The summed E-state index contributed by atoms with van der Waals surface area (Å²) in [6.45, 7) is 0. The van der Waals surface area contributed by atoms with Gasteiger partial charge < -0.3 is 5.32 Å². The van der Waals surface area contributed by atoms with Crippen LogP contribution in [0.5, 0.6) is 0 Å². The highest BCUT2D eigenvalue weighted by molar-refractivity contribution is 7.07. The van der Waals surface area contributed by atoms with Gasteiger partial charge in [0.25, 0.3) is 0 Å². The van der Waals surface area contributed by atoms with Crippen LogP contribution in [0.2, 0.25) is 0 Å². The quantitative estimate of drug-likeness (QED) is 0.778. The van der Waals surface area contributed by atoms with E-state index < -0.39 is 0 Å². The number of nitrogens with zero attached hydrogens (tertiary/aromatic N) is 1. The number of fused-ring (bicyclic) bond motifs is 1. The topological polar surface area (TPSA) is 24.9 Å². The molecule has 19 heavy (non-hydrogen) atoms. The monoisotopic (exact) mass is 268 g/mol. The van der Waals surface area contributed by atoms with Crippen LogP contribution >= 0.6 is 11.3 Å². The van der Waals surface area contributed by atoms with Gasteiger partial charge in [0, 0.05) is 5.38 Å². The fourth-order valence-corrected chi connectivity index (χ4v) is 3.05. The third kappa shape index (κ3) is 2.53. The SMILES string of the molecule is CNC(Cc1cccc2ccccc12)c1cscn1. The third-order valence-electron chi connectivity index (χ3n) is 3.46. The predicted molar refractivity (Wildman–Crippen MR) is 81.6 cm³/mol. The van der Waals surface area contributed by atoms with Crippen LogP contribution in [-0.2, 0) is 6.42 Å². The van der Waals surface area contributed by atoms with E-state index in [0.29, 0.717) is 0 Å². The van der Waals surface area contributed by atoms with Crippen molar-refractivity contribution < 1.29 is 0 Å².